The molecule has 0 heterocycles. The Hall–Kier alpha value is -1.55. The molecule has 0 radical (unpaired) electrons. The fourth-order valence-electron chi connectivity index (χ4n) is 0.919. The lowest BCUT2D eigenvalue weighted by Crippen LogP contribution is -2.15. The zero-order valence-electron chi connectivity index (χ0n) is 7.37. The van der Waals surface area contributed by atoms with Crippen LogP contribution < -0.4 is 11.1 Å². The Morgan fingerprint density at radius 1 is 1.62 bits per heavy atom. The molecule has 70 valence electrons. The van der Waals surface area contributed by atoms with Crippen molar-refractivity contribution in [1.29, 1.82) is 0 Å². The van der Waals surface area contributed by atoms with Gasteiger partial charge in [0.1, 0.15) is 6.61 Å². The highest BCUT2D eigenvalue weighted by atomic mass is 16.3. The van der Waals surface area contributed by atoms with Gasteiger partial charge >= 0.3 is 0 Å². The van der Waals surface area contributed by atoms with E-state index in [9.17, 15) is 4.79 Å². The van der Waals surface area contributed by atoms with Crippen LogP contribution in [0.25, 0.3) is 0 Å². The molecule has 0 atom stereocenters. The van der Waals surface area contributed by atoms with Crippen molar-refractivity contribution in [1.82, 2.24) is 0 Å². The van der Waals surface area contributed by atoms with Gasteiger partial charge in [-0.05, 0) is 24.6 Å². The van der Waals surface area contributed by atoms with Crippen LogP contribution in [0.1, 0.15) is 5.56 Å². The predicted molar refractivity (Wildman–Crippen MR) is 51.3 cm³/mol. The number of rotatable bonds is 2. The van der Waals surface area contributed by atoms with Crippen molar-refractivity contribution in [3.8, 4) is 0 Å². The molecule has 1 amide bonds. The van der Waals surface area contributed by atoms with Crippen molar-refractivity contribution in [3.05, 3.63) is 23.8 Å². The summed E-state index contributed by atoms with van der Waals surface area (Å²) in [4.78, 5) is 10.8. The Kier molecular flexibility index (Phi) is 2.87. The van der Waals surface area contributed by atoms with E-state index in [0.717, 1.165) is 5.56 Å². The van der Waals surface area contributed by atoms with E-state index in [4.69, 9.17) is 10.8 Å². The summed E-state index contributed by atoms with van der Waals surface area (Å²) >= 11 is 0. The number of aliphatic hydroxyl groups excluding tert-OH is 1. The summed E-state index contributed by atoms with van der Waals surface area (Å²) in [6.07, 6.45) is 0. The van der Waals surface area contributed by atoms with Crippen LogP contribution in [0.4, 0.5) is 11.4 Å². The average Bonchev–Trinajstić information content (AvgIpc) is 2.11. The molecule has 0 spiro atoms. The Bertz CT molecular complexity index is 323. The number of hydrogen-bond donors (Lipinski definition) is 3. The zero-order chi connectivity index (χ0) is 9.84. The number of aliphatic hydroxyl groups is 1. The van der Waals surface area contributed by atoms with Crippen LogP contribution in [0.2, 0.25) is 0 Å². The minimum atomic E-state index is -0.520. The molecule has 1 aromatic carbocycles. The number of nitrogens with one attached hydrogen (secondary N) is 1. The molecule has 4 nitrogen and oxygen atoms in total. The first-order chi connectivity index (χ1) is 6.13. The Morgan fingerprint density at radius 3 is 2.85 bits per heavy atom. The Labute approximate surface area is 76.4 Å². The average molecular weight is 180 g/mol. The first kappa shape index (κ1) is 9.54. The van der Waals surface area contributed by atoms with E-state index < -0.39 is 12.5 Å². The maximum Gasteiger partial charge on any atom is 0.250 e. The van der Waals surface area contributed by atoms with Gasteiger partial charge in [0.05, 0.1) is 0 Å². The number of carbonyl (C=O) groups excluding carboxylic acids is 1. The third-order valence-electron chi connectivity index (χ3n) is 1.71. The number of amides is 1. The summed E-state index contributed by atoms with van der Waals surface area (Å²) < 4.78 is 0. The normalized spacial score (nSPS) is 9.69. The van der Waals surface area contributed by atoms with E-state index >= 15 is 0 Å². The van der Waals surface area contributed by atoms with Gasteiger partial charge in [-0.3, -0.25) is 4.79 Å². The van der Waals surface area contributed by atoms with Crippen LogP contribution in [-0.2, 0) is 4.79 Å². The molecule has 0 aromatic heterocycles. The zero-order valence-corrected chi connectivity index (χ0v) is 7.37. The van der Waals surface area contributed by atoms with Crippen molar-refractivity contribution in [2.75, 3.05) is 17.7 Å². The lowest BCUT2D eigenvalue weighted by Gasteiger charge is -2.05. The van der Waals surface area contributed by atoms with Gasteiger partial charge in [-0.2, -0.15) is 0 Å². The number of carbonyl (C=O) groups is 1. The Morgan fingerprint density at radius 2 is 2.31 bits per heavy atom. The van der Waals surface area contributed by atoms with Gasteiger partial charge in [-0.25, -0.2) is 0 Å². The molecular weight excluding hydrogens is 168 g/mol. The number of hydrogen-bond acceptors (Lipinski definition) is 3. The quantitative estimate of drug-likeness (QED) is 0.580. The van der Waals surface area contributed by atoms with Gasteiger partial charge in [-0.15, -0.1) is 0 Å². The monoisotopic (exact) mass is 180 g/mol. The van der Waals surface area contributed by atoms with E-state index in [0.29, 0.717) is 11.4 Å². The first-order valence-electron chi connectivity index (χ1n) is 3.90. The summed E-state index contributed by atoms with van der Waals surface area (Å²) in [5.41, 5.74) is 7.80. The second-order valence-corrected chi connectivity index (χ2v) is 2.78. The summed E-state index contributed by atoms with van der Waals surface area (Å²) in [6, 6.07) is 5.20. The van der Waals surface area contributed by atoms with Gasteiger partial charge in [0.15, 0.2) is 0 Å². The molecule has 1 aromatic rings. The van der Waals surface area contributed by atoms with E-state index in [1.54, 1.807) is 12.1 Å². The maximum atomic E-state index is 10.8. The fraction of sp³-hybridized carbons (Fsp3) is 0.222. The highest BCUT2D eigenvalue weighted by molar-refractivity contribution is 5.92. The minimum Gasteiger partial charge on any atom is -0.398 e. The highest BCUT2D eigenvalue weighted by Crippen LogP contribution is 2.16. The molecule has 0 saturated heterocycles. The van der Waals surface area contributed by atoms with Gasteiger partial charge < -0.3 is 16.2 Å². The minimum absolute atomic E-state index is 0.441. The lowest BCUT2D eigenvalue weighted by atomic mass is 10.2. The summed E-state index contributed by atoms with van der Waals surface area (Å²) in [5, 5.41) is 11.0. The predicted octanol–water partition coefficient (Wildman–Crippen LogP) is 0.508. The van der Waals surface area contributed by atoms with Gasteiger partial charge in [-0.1, -0.05) is 6.07 Å². The number of nitrogens with two attached hydrogens (primary N) is 1. The largest absolute Gasteiger partial charge is 0.398 e. The lowest BCUT2D eigenvalue weighted by molar-refractivity contribution is -0.118. The van der Waals surface area contributed by atoms with E-state index in [1.807, 2.05) is 13.0 Å². The summed E-state index contributed by atoms with van der Waals surface area (Å²) in [7, 11) is 0. The smallest absolute Gasteiger partial charge is 0.250 e. The number of aryl methyl sites for hydroxylation is 1. The number of nitrogen functional groups attached to an aromatic ring is 1. The molecule has 1 rings (SSSR count). The number of anilines is 2. The molecule has 13 heavy (non-hydrogen) atoms. The van der Waals surface area contributed by atoms with E-state index in [1.165, 1.54) is 0 Å². The SMILES string of the molecule is Cc1ccc(NC(=O)CO)cc1N. The second-order valence-electron chi connectivity index (χ2n) is 2.78. The van der Waals surface area contributed by atoms with Crippen LogP contribution in [0.15, 0.2) is 18.2 Å². The van der Waals surface area contributed by atoms with Crippen LogP contribution >= 0.6 is 0 Å². The van der Waals surface area contributed by atoms with Crippen LogP contribution in [0.5, 0.6) is 0 Å². The first-order valence-corrected chi connectivity index (χ1v) is 3.90. The molecular formula is C9H12N2O2. The second kappa shape index (κ2) is 3.91. The third kappa shape index (κ3) is 2.45. The maximum absolute atomic E-state index is 10.8. The van der Waals surface area contributed by atoms with Gasteiger partial charge in [0.2, 0.25) is 5.91 Å². The molecule has 0 aliphatic carbocycles. The van der Waals surface area contributed by atoms with Gasteiger partial charge in [0.25, 0.3) is 0 Å². The van der Waals surface area contributed by atoms with Crippen molar-refractivity contribution in [3.63, 3.8) is 0 Å². The van der Waals surface area contributed by atoms with E-state index in [-0.39, 0.29) is 0 Å². The number of benzene rings is 1. The molecule has 0 saturated carbocycles. The van der Waals surface area contributed by atoms with Crippen molar-refractivity contribution in [2.24, 2.45) is 0 Å². The topological polar surface area (TPSA) is 75.3 Å². The molecule has 4 heteroatoms. The van der Waals surface area contributed by atoms with Crippen molar-refractivity contribution >= 4 is 17.3 Å². The summed E-state index contributed by atoms with van der Waals surface area (Å²) in [6.45, 7) is 1.36. The molecule has 0 aliphatic rings. The molecule has 0 aliphatic heterocycles. The molecule has 0 unspecified atom stereocenters. The van der Waals surface area contributed by atoms with Gasteiger partial charge in [0, 0.05) is 11.4 Å². The van der Waals surface area contributed by atoms with Crippen LogP contribution in [0.3, 0.4) is 0 Å². The van der Waals surface area contributed by atoms with Crippen LogP contribution in [-0.4, -0.2) is 17.6 Å². The van der Waals surface area contributed by atoms with Crippen LogP contribution in [0, 0.1) is 6.92 Å². The highest BCUT2D eigenvalue weighted by Gasteiger charge is 2.00. The van der Waals surface area contributed by atoms with E-state index in [2.05, 4.69) is 5.32 Å². The molecule has 0 bridgehead atoms. The fourth-order valence-corrected chi connectivity index (χ4v) is 0.919. The molecule has 0 fully saturated rings. The molecule has 4 N–H and O–H groups in total. The van der Waals surface area contributed by atoms with Crippen molar-refractivity contribution < 1.29 is 9.90 Å². The third-order valence-corrected chi connectivity index (χ3v) is 1.71. The Balaban J connectivity index is 2.79. The van der Waals surface area contributed by atoms with Crippen molar-refractivity contribution in [2.45, 2.75) is 6.92 Å². The summed E-state index contributed by atoms with van der Waals surface area (Å²) in [5.74, 6) is -0.441. The standard InChI is InChI=1S/C9H12N2O2/c1-6-2-3-7(4-8(6)10)11-9(13)5-12/h2-4,12H,5,10H2,1H3,(H,11,13).